The van der Waals surface area contributed by atoms with Crippen molar-refractivity contribution in [3.63, 3.8) is 0 Å². The van der Waals surface area contributed by atoms with Crippen LogP contribution in [0.3, 0.4) is 0 Å². The summed E-state index contributed by atoms with van der Waals surface area (Å²) in [5.74, 6) is 5.64. The van der Waals surface area contributed by atoms with Crippen LogP contribution in [0.2, 0.25) is 0 Å². The van der Waals surface area contributed by atoms with Crippen molar-refractivity contribution >= 4 is 58.6 Å². The van der Waals surface area contributed by atoms with Gasteiger partial charge in [-0.05, 0) is 218 Å². The first-order valence-electron chi connectivity index (χ1n) is 37.6. The Morgan fingerprint density at radius 1 is 0.442 bits per heavy atom. The highest BCUT2D eigenvalue weighted by molar-refractivity contribution is 6.49. The smallest absolute Gasteiger partial charge is 0.503 e. The van der Waals surface area contributed by atoms with E-state index in [1.165, 1.54) is 0 Å². The van der Waals surface area contributed by atoms with Crippen LogP contribution < -0.4 is 38.8 Å². The zero-order chi connectivity index (χ0) is 74.5. The molecule has 542 valence electrons. The number of hydrogen-bond acceptors (Lipinski definition) is 12. The molecule has 2 aliphatic heterocycles. The maximum Gasteiger partial charge on any atom is 0.743 e. The third-order valence-corrected chi connectivity index (χ3v) is 20.5. The Kier molecular flexibility index (Phi) is 21.3. The molecule has 6 atom stereocenters. The Bertz CT molecular complexity index is 4720. The first-order valence-corrected chi connectivity index (χ1v) is 37.6. The van der Waals surface area contributed by atoms with Gasteiger partial charge in [-0.15, -0.1) is 0 Å². The van der Waals surface area contributed by atoms with Gasteiger partial charge in [0, 0.05) is 21.9 Å². The number of aromatic nitrogens is 4. The van der Waals surface area contributed by atoms with Crippen LogP contribution in [0.5, 0.6) is 34.5 Å². The van der Waals surface area contributed by atoms with Crippen molar-refractivity contribution < 1.29 is 36.9 Å². The van der Waals surface area contributed by atoms with Gasteiger partial charge in [0.15, 0.2) is 11.2 Å². The molecule has 0 radical (unpaired) electrons. The summed E-state index contributed by atoms with van der Waals surface area (Å²) in [4.78, 5) is 10.3. The molecule has 12 rings (SSSR count). The predicted molar refractivity (Wildman–Crippen MR) is 420 cm³/mol. The number of benzene rings is 6. The minimum atomic E-state index is -1.28. The van der Waals surface area contributed by atoms with Crippen LogP contribution in [0.15, 0.2) is 130 Å². The maximum absolute atomic E-state index is 12.4. The molecular formula is C88H106B2N6O8. The molecule has 0 amide bonds. The standard InChI is InChI=1S/C88H106B2N6O8/c1-53-29-35-71-69(39-53)93-83(99-71)67(49-91)81-77-78(80(95(81)89-101-73-37-31-55(3)41-75(73)103-89)62-24-22-26-66(44-62)98-52-64(60(8)48-88(18,19)20)34-28-58(6)46-86(12,13)14)82(68(50-92)84-94-70-40-54(2)30-36-72(70)100-84)96(90-102-74-38-32-56(4)42-76(74)104-90)79(77)61-23-21-25-65(43-61)97-51-63(59(7)47-87(15,16)17)33-27-57(5)45-85(9,10)11/h21-26,29-32,35-44,57-60,63-64H,27-28,33-34,45-48,51-52H2,1-20H3/b81-67-,82-68-. The molecule has 0 fully saturated rings. The van der Waals surface area contributed by atoms with Crippen LogP contribution in [-0.4, -0.2) is 46.6 Å². The highest BCUT2D eigenvalue weighted by atomic mass is 16.7. The fourth-order valence-electron chi connectivity index (χ4n) is 16.4. The number of fused-ring (bicyclic) bond motifs is 5. The largest absolute Gasteiger partial charge is 0.743 e. The van der Waals surface area contributed by atoms with Gasteiger partial charge in [-0.2, -0.15) is 10.5 Å². The summed E-state index contributed by atoms with van der Waals surface area (Å²) >= 11 is 0. The topological polar surface area (TPSA) is 165 Å². The summed E-state index contributed by atoms with van der Waals surface area (Å²) in [6.45, 7) is 46.4. The predicted octanol–water partition coefficient (Wildman–Crippen LogP) is 21.2. The average molecular weight is 1400 g/mol. The molecule has 104 heavy (non-hydrogen) atoms. The summed E-state index contributed by atoms with van der Waals surface area (Å²) in [5, 5.41) is 26.4. The molecule has 6 heterocycles. The second-order valence-corrected chi connectivity index (χ2v) is 35.4. The van der Waals surface area contributed by atoms with Crippen LogP contribution in [0.1, 0.15) is 196 Å². The minimum absolute atomic E-state index is 0.0509. The molecule has 2 aliphatic rings. The molecule has 6 aromatic carbocycles. The number of aryl methyl sites for hydroxylation is 4. The molecule has 10 aromatic rings. The fraction of sp³-hybridized carbons (Fsp3) is 0.455. The Balaban J connectivity index is 1.19. The molecule has 4 aromatic heterocycles. The zero-order valence-corrected chi connectivity index (χ0v) is 65.2. The van der Waals surface area contributed by atoms with E-state index in [4.69, 9.17) is 46.9 Å². The highest BCUT2D eigenvalue weighted by Crippen LogP contribution is 2.45. The summed E-state index contributed by atoms with van der Waals surface area (Å²) in [6, 6.07) is 44.8. The summed E-state index contributed by atoms with van der Waals surface area (Å²) in [5.41, 5.74) is 8.98. The van der Waals surface area contributed by atoms with Crippen molar-refractivity contribution in [1.82, 2.24) is 18.9 Å². The van der Waals surface area contributed by atoms with E-state index in [9.17, 15) is 10.5 Å². The van der Waals surface area contributed by atoms with E-state index < -0.39 is 14.5 Å². The minimum Gasteiger partial charge on any atom is -0.503 e. The van der Waals surface area contributed by atoms with E-state index in [-0.39, 0.29) is 56.4 Å². The monoisotopic (exact) mass is 1400 g/mol. The summed E-state index contributed by atoms with van der Waals surface area (Å²) in [6.07, 6.45) is 8.51. The Morgan fingerprint density at radius 3 is 1.16 bits per heavy atom. The van der Waals surface area contributed by atoms with Crippen molar-refractivity contribution in [3.8, 4) is 69.2 Å². The van der Waals surface area contributed by atoms with Crippen molar-refractivity contribution in [2.75, 3.05) is 13.2 Å². The molecule has 16 heteroatoms. The van der Waals surface area contributed by atoms with Gasteiger partial charge in [0.05, 0.1) is 35.3 Å². The van der Waals surface area contributed by atoms with E-state index in [0.717, 1.165) is 73.6 Å². The van der Waals surface area contributed by atoms with Gasteiger partial charge in [0.2, 0.25) is 11.8 Å². The van der Waals surface area contributed by atoms with Crippen molar-refractivity contribution in [1.29, 1.82) is 10.5 Å². The highest BCUT2D eigenvalue weighted by Gasteiger charge is 2.46. The van der Waals surface area contributed by atoms with Gasteiger partial charge in [0.25, 0.3) is 0 Å². The van der Waals surface area contributed by atoms with E-state index in [0.29, 0.717) is 138 Å². The number of oxazole rings is 2. The quantitative estimate of drug-likeness (QED) is 0.0527. The van der Waals surface area contributed by atoms with Crippen LogP contribution in [0, 0.1) is 108 Å². The maximum atomic E-state index is 12.4. The molecule has 0 saturated heterocycles. The summed E-state index contributed by atoms with van der Waals surface area (Å²) in [7, 11) is -2.57. The molecule has 0 bridgehead atoms. The molecule has 14 nitrogen and oxygen atoms in total. The van der Waals surface area contributed by atoms with Crippen LogP contribution >= 0.6 is 0 Å². The van der Waals surface area contributed by atoms with E-state index in [1.807, 2.05) is 146 Å². The SMILES string of the molecule is Cc1ccc2c(c1)OB(n1c(-c3cccc(OCC(CCC(C)CC(C)(C)C)C(C)CC(C)(C)C)c3)c3/c(=C(\C#N)c4nc5cc(C)ccc5o4)n(B4Oc5ccc(C)cc5O4)c(-c4cccc(OCC(CCC(C)CC(C)(C)C)C(C)CC(C)(C)C)c4)c3/c1=C(\C#N)c1nc3cc(C)ccc3o1)O2. The molecule has 0 saturated carbocycles. The molecule has 0 aliphatic carbocycles. The average Bonchev–Trinajstić information content (AvgIpc) is 1.52. The molecule has 6 unspecified atom stereocenters. The van der Waals surface area contributed by atoms with Crippen LogP contribution in [0.4, 0.5) is 0 Å². The Morgan fingerprint density at radius 2 is 0.798 bits per heavy atom. The van der Waals surface area contributed by atoms with Gasteiger partial charge >= 0.3 is 14.5 Å². The number of ether oxygens (including phenoxy) is 2. The van der Waals surface area contributed by atoms with Crippen LogP contribution in [-0.2, 0) is 0 Å². The lowest BCUT2D eigenvalue weighted by atomic mass is 9.76. The third-order valence-electron chi connectivity index (χ3n) is 20.5. The Labute approximate surface area is 617 Å². The van der Waals surface area contributed by atoms with Gasteiger partial charge in [-0.1, -0.05) is 172 Å². The second-order valence-electron chi connectivity index (χ2n) is 35.4. The van der Waals surface area contributed by atoms with Gasteiger partial charge < -0.3 is 45.9 Å². The van der Waals surface area contributed by atoms with Crippen molar-refractivity contribution in [2.24, 2.45) is 57.2 Å². The lowest BCUT2D eigenvalue weighted by Crippen LogP contribution is -2.44. The van der Waals surface area contributed by atoms with Gasteiger partial charge in [-0.25, -0.2) is 9.97 Å². The summed E-state index contributed by atoms with van der Waals surface area (Å²) < 4.78 is 60.5. The van der Waals surface area contributed by atoms with E-state index >= 15 is 0 Å². The lowest BCUT2D eigenvalue weighted by molar-refractivity contribution is 0.147. The van der Waals surface area contributed by atoms with Crippen LogP contribution in [0.25, 0.3) is 66.6 Å². The fourth-order valence-corrected chi connectivity index (χ4v) is 16.4. The number of nitrogens with zero attached hydrogens (tertiary/aromatic N) is 6. The first kappa shape index (κ1) is 74.4. The Hall–Kier alpha value is -9.27. The van der Waals surface area contributed by atoms with Crippen molar-refractivity contribution in [2.45, 2.75) is 190 Å². The molecule has 0 spiro atoms. The molecule has 0 N–H and O–H groups in total. The number of hydrogen-bond donors (Lipinski definition) is 0. The zero-order valence-electron chi connectivity index (χ0n) is 65.2. The molecular weight excluding hydrogens is 1290 g/mol. The number of nitriles is 2. The van der Waals surface area contributed by atoms with Crippen molar-refractivity contribution in [3.05, 3.63) is 166 Å². The first-order chi connectivity index (χ1) is 49.2. The lowest BCUT2D eigenvalue weighted by Gasteiger charge is -2.31. The van der Waals surface area contributed by atoms with Gasteiger partial charge in [0.1, 0.15) is 68.8 Å². The van der Waals surface area contributed by atoms with E-state index in [1.54, 1.807) is 0 Å². The third kappa shape index (κ3) is 16.9. The second kappa shape index (κ2) is 29.7. The number of rotatable bonds is 24. The van der Waals surface area contributed by atoms with E-state index in [2.05, 4.69) is 135 Å². The normalized spacial score (nSPS) is 15.6. The van der Waals surface area contributed by atoms with Gasteiger partial charge in [-0.3, -0.25) is 0 Å².